The van der Waals surface area contributed by atoms with Crippen LogP contribution in [0.5, 0.6) is 0 Å². The molecule has 0 saturated carbocycles. The molecule has 0 aromatic rings. The zero-order chi connectivity index (χ0) is 16.3. The van der Waals surface area contributed by atoms with Crippen molar-refractivity contribution in [3.63, 3.8) is 0 Å². The second-order valence-electron chi connectivity index (χ2n) is 6.50. The molecule has 130 valence electrons. The Morgan fingerprint density at radius 3 is 2.50 bits per heavy atom. The van der Waals surface area contributed by atoms with Crippen molar-refractivity contribution in [3.8, 4) is 0 Å². The summed E-state index contributed by atoms with van der Waals surface area (Å²) in [4.78, 5) is 0. The third kappa shape index (κ3) is 3.46. The lowest BCUT2D eigenvalue weighted by atomic mass is 9.72. The van der Waals surface area contributed by atoms with E-state index in [0.29, 0.717) is 13.0 Å². The Kier molecular flexibility index (Phi) is 6.18. The maximum atomic E-state index is 6.24. The van der Waals surface area contributed by atoms with Crippen molar-refractivity contribution < 1.29 is 28.4 Å². The highest BCUT2D eigenvalue weighted by Gasteiger charge is 2.55. The van der Waals surface area contributed by atoms with E-state index >= 15 is 0 Å². The first-order chi connectivity index (χ1) is 10.5. The highest BCUT2D eigenvalue weighted by molar-refractivity contribution is 5.02. The van der Waals surface area contributed by atoms with Crippen molar-refractivity contribution in [1.82, 2.24) is 0 Å². The molecular weight excluding hydrogens is 290 g/mol. The van der Waals surface area contributed by atoms with E-state index in [1.165, 1.54) is 0 Å². The van der Waals surface area contributed by atoms with Crippen LogP contribution in [-0.2, 0) is 28.4 Å². The summed E-state index contributed by atoms with van der Waals surface area (Å²) in [6, 6.07) is 0. The van der Waals surface area contributed by atoms with Gasteiger partial charge in [0.05, 0.1) is 24.9 Å². The summed E-state index contributed by atoms with van der Waals surface area (Å²) < 4.78 is 33.7. The predicted octanol–water partition coefficient (Wildman–Crippen LogP) is 0.504. The molecule has 7 nitrogen and oxygen atoms in total. The van der Waals surface area contributed by atoms with Gasteiger partial charge in [-0.1, -0.05) is 13.8 Å². The van der Waals surface area contributed by atoms with E-state index in [1.807, 2.05) is 0 Å². The summed E-state index contributed by atoms with van der Waals surface area (Å²) in [5.41, 5.74) is 5.79. The summed E-state index contributed by atoms with van der Waals surface area (Å²) in [7, 11) is 5.03. The molecule has 2 heterocycles. The first-order valence-electron chi connectivity index (χ1n) is 7.64. The van der Waals surface area contributed by atoms with Gasteiger partial charge < -0.3 is 34.2 Å². The van der Waals surface area contributed by atoms with Crippen molar-refractivity contribution in [3.05, 3.63) is 0 Å². The van der Waals surface area contributed by atoms with Crippen molar-refractivity contribution in [2.45, 2.75) is 57.0 Å². The van der Waals surface area contributed by atoms with Crippen LogP contribution in [0.1, 0.15) is 20.3 Å². The van der Waals surface area contributed by atoms with Gasteiger partial charge in [-0.3, -0.25) is 0 Å². The Bertz CT molecular complexity index is 353. The molecule has 7 heteroatoms. The van der Waals surface area contributed by atoms with Crippen LogP contribution in [0, 0.1) is 5.41 Å². The molecule has 2 aliphatic rings. The molecule has 2 fully saturated rings. The molecule has 0 aromatic heterocycles. The molecule has 0 bridgehead atoms. The van der Waals surface area contributed by atoms with Gasteiger partial charge >= 0.3 is 0 Å². The fourth-order valence-electron chi connectivity index (χ4n) is 3.41. The van der Waals surface area contributed by atoms with Crippen molar-refractivity contribution in [1.29, 1.82) is 0 Å². The average Bonchev–Trinajstić information content (AvgIpc) is 2.48. The smallest absolute Gasteiger partial charge is 0.149 e. The van der Waals surface area contributed by atoms with Gasteiger partial charge in [0.25, 0.3) is 0 Å². The van der Waals surface area contributed by atoms with Gasteiger partial charge in [0.1, 0.15) is 25.2 Å². The molecule has 0 amide bonds. The number of fused-ring (bicyclic) bond motifs is 1. The second kappa shape index (κ2) is 7.53. The summed E-state index contributed by atoms with van der Waals surface area (Å²) in [5.74, 6) is 0. The van der Waals surface area contributed by atoms with Gasteiger partial charge in [0.15, 0.2) is 0 Å². The Labute approximate surface area is 132 Å². The molecule has 0 aromatic carbocycles. The third-order valence-electron chi connectivity index (χ3n) is 4.77. The minimum atomic E-state index is -0.515. The molecule has 2 aliphatic heterocycles. The summed E-state index contributed by atoms with van der Waals surface area (Å²) in [5, 5.41) is 0. The van der Waals surface area contributed by atoms with Crippen LogP contribution in [0.25, 0.3) is 0 Å². The lowest BCUT2D eigenvalue weighted by molar-refractivity contribution is -0.327. The van der Waals surface area contributed by atoms with Gasteiger partial charge in [0.2, 0.25) is 0 Å². The van der Waals surface area contributed by atoms with Crippen molar-refractivity contribution in [2.75, 3.05) is 34.7 Å². The van der Waals surface area contributed by atoms with Crippen LogP contribution >= 0.6 is 0 Å². The molecule has 2 N–H and O–H groups in total. The Hall–Kier alpha value is -0.280. The zero-order valence-electron chi connectivity index (χ0n) is 14.1. The van der Waals surface area contributed by atoms with Crippen LogP contribution < -0.4 is 5.73 Å². The Morgan fingerprint density at radius 1 is 1.18 bits per heavy atom. The second-order valence-corrected chi connectivity index (χ2v) is 6.50. The Balaban J connectivity index is 2.18. The van der Waals surface area contributed by atoms with Gasteiger partial charge in [-0.25, -0.2) is 0 Å². The predicted molar refractivity (Wildman–Crippen MR) is 79.3 cm³/mol. The van der Waals surface area contributed by atoms with E-state index in [2.05, 4.69) is 13.8 Å². The molecular formula is C15H29NO6. The van der Waals surface area contributed by atoms with Gasteiger partial charge in [-0.05, 0) is 0 Å². The molecule has 0 aliphatic carbocycles. The van der Waals surface area contributed by atoms with E-state index in [9.17, 15) is 0 Å². The number of ether oxygens (including phenoxy) is 6. The molecule has 0 radical (unpaired) electrons. The van der Waals surface area contributed by atoms with Gasteiger partial charge in [0, 0.05) is 33.2 Å². The Morgan fingerprint density at radius 2 is 1.91 bits per heavy atom. The molecule has 0 unspecified atom stereocenters. The SMILES string of the molecule is COC[C@H](C[C@H]1O[C@H]2[C@H](OCO[C@H]2N)[C@@H](OC)C1(C)C)OC. The van der Waals surface area contributed by atoms with Crippen LogP contribution in [0.2, 0.25) is 0 Å². The van der Waals surface area contributed by atoms with Crippen LogP contribution in [0.3, 0.4) is 0 Å². The fraction of sp³-hybridized carbons (Fsp3) is 1.00. The molecule has 0 spiro atoms. The number of hydrogen-bond donors (Lipinski definition) is 1. The van der Waals surface area contributed by atoms with Crippen LogP contribution in [0.4, 0.5) is 0 Å². The molecule has 2 rings (SSSR count). The minimum absolute atomic E-state index is 0.0509. The summed E-state index contributed by atoms with van der Waals surface area (Å²) in [6.45, 7) is 4.91. The molecule has 2 saturated heterocycles. The molecule has 22 heavy (non-hydrogen) atoms. The fourth-order valence-corrected chi connectivity index (χ4v) is 3.41. The van der Waals surface area contributed by atoms with Crippen molar-refractivity contribution in [2.24, 2.45) is 11.1 Å². The number of nitrogens with two attached hydrogens (primary N) is 1. The minimum Gasteiger partial charge on any atom is -0.382 e. The highest BCUT2D eigenvalue weighted by Crippen LogP contribution is 2.43. The standard InChI is InChI=1S/C15H29NO6/c1-15(2)10(6-9(18-4)7-17-3)22-12-11(13(15)19-5)20-8-21-14(12)16/h9-14H,6-8,16H2,1-5H3/t9-,10+,11-,12-,13+,14+/m0/s1. The van der Waals surface area contributed by atoms with Crippen molar-refractivity contribution >= 4 is 0 Å². The summed E-state index contributed by atoms with van der Waals surface area (Å²) in [6.07, 6.45) is -0.697. The van der Waals surface area contributed by atoms with E-state index in [4.69, 9.17) is 34.2 Å². The summed E-state index contributed by atoms with van der Waals surface area (Å²) >= 11 is 0. The maximum Gasteiger partial charge on any atom is 0.149 e. The van der Waals surface area contributed by atoms with Crippen LogP contribution in [0.15, 0.2) is 0 Å². The topological polar surface area (TPSA) is 81.4 Å². The molecule has 6 atom stereocenters. The van der Waals surface area contributed by atoms with E-state index in [-0.39, 0.29) is 42.7 Å². The van der Waals surface area contributed by atoms with Crippen LogP contribution in [-0.4, -0.2) is 71.5 Å². The average molecular weight is 319 g/mol. The monoisotopic (exact) mass is 319 g/mol. The highest BCUT2D eigenvalue weighted by atomic mass is 16.7. The zero-order valence-corrected chi connectivity index (χ0v) is 14.1. The lowest BCUT2D eigenvalue weighted by Crippen LogP contribution is -2.67. The normalized spacial score (nSPS) is 39.3. The largest absolute Gasteiger partial charge is 0.382 e. The first-order valence-corrected chi connectivity index (χ1v) is 7.64. The number of rotatable bonds is 6. The van der Waals surface area contributed by atoms with E-state index in [0.717, 1.165) is 0 Å². The number of hydrogen-bond acceptors (Lipinski definition) is 7. The maximum absolute atomic E-state index is 6.24. The van der Waals surface area contributed by atoms with E-state index < -0.39 is 6.23 Å². The van der Waals surface area contributed by atoms with E-state index in [1.54, 1.807) is 21.3 Å². The number of methoxy groups -OCH3 is 3. The third-order valence-corrected chi connectivity index (χ3v) is 4.77. The van der Waals surface area contributed by atoms with Gasteiger partial charge in [-0.15, -0.1) is 0 Å². The van der Waals surface area contributed by atoms with Gasteiger partial charge in [-0.2, -0.15) is 0 Å². The first kappa shape index (κ1) is 18.1. The lowest BCUT2D eigenvalue weighted by Gasteiger charge is -2.54. The quantitative estimate of drug-likeness (QED) is 0.763.